The van der Waals surface area contributed by atoms with Crippen LogP contribution in [-0.4, -0.2) is 10.7 Å². The molecule has 0 unspecified atom stereocenters. The van der Waals surface area contributed by atoms with Gasteiger partial charge in [0.25, 0.3) is 0 Å². The summed E-state index contributed by atoms with van der Waals surface area (Å²) < 4.78 is 0. The van der Waals surface area contributed by atoms with Crippen molar-refractivity contribution in [3.8, 4) is 11.8 Å². The molecule has 1 nitrogen and oxygen atoms in total. The lowest BCUT2D eigenvalue weighted by atomic mass is 10.3. The summed E-state index contributed by atoms with van der Waals surface area (Å²) in [4.78, 5) is 3.91. The van der Waals surface area contributed by atoms with Crippen LogP contribution in [0.3, 0.4) is 0 Å². The van der Waals surface area contributed by atoms with E-state index in [4.69, 9.17) is 0 Å². The van der Waals surface area contributed by atoms with Gasteiger partial charge in [0.2, 0.25) is 0 Å². The fourth-order valence-corrected chi connectivity index (χ4v) is 0.657. The van der Waals surface area contributed by atoms with Gasteiger partial charge in [0.1, 0.15) is 0 Å². The van der Waals surface area contributed by atoms with E-state index in [2.05, 4.69) is 29.5 Å². The molecule has 0 aromatic carbocycles. The van der Waals surface area contributed by atoms with Crippen LogP contribution in [0.4, 0.5) is 0 Å². The van der Waals surface area contributed by atoms with Crippen LogP contribution < -0.4 is 0 Å². The first kappa shape index (κ1) is 7.17. The van der Waals surface area contributed by atoms with Gasteiger partial charge in [-0.05, 0) is 12.1 Å². The van der Waals surface area contributed by atoms with Crippen molar-refractivity contribution in [1.29, 1.82) is 0 Å². The number of nitrogens with zero attached hydrogens (tertiary/aromatic N) is 1. The molecule has 0 spiro atoms. The summed E-state index contributed by atoms with van der Waals surface area (Å²) in [6.07, 6.45) is 3.46. The molecule has 0 aliphatic rings. The maximum atomic E-state index is 3.96. The second kappa shape index (κ2) is 3.97. The fraction of sp³-hybridized carbons (Fsp3) is 0.125. The van der Waals surface area contributed by atoms with Gasteiger partial charge in [-0.2, -0.15) is 12.6 Å². The SMILES string of the molecule is SCC#Cc1cccnc1. The molecule has 1 aromatic heterocycles. The predicted molar refractivity (Wildman–Crippen MR) is 45.0 cm³/mol. The molecule has 0 aliphatic heterocycles. The smallest absolute Gasteiger partial charge is 0.0521 e. The molecule has 50 valence electrons. The van der Waals surface area contributed by atoms with Crippen LogP contribution in [0.5, 0.6) is 0 Å². The quantitative estimate of drug-likeness (QED) is 0.434. The molecule has 0 atom stereocenters. The van der Waals surface area contributed by atoms with E-state index < -0.39 is 0 Å². The largest absolute Gasteiger partial charge is 0.263 e. The zero-order valence-electron chi connectivity index (χ0n) is 5.41. The predicted octanol–water partition coefficient (Wildman–Crippen LogP) is 1.36. The first-order chi connectivity index (χ1) is 4.93. The Morgan fingerprint density at radius 1 is 1.60 bits per heavy atom. The molecular formula is C8H7NS. The fourth-order valence-electron chi connectivity index (χ4n) is 0.578. The standard InChI is InChI=1S/C8H7NS/c10-6-2-4-8-3-1-5-9-7-8/h1,3,5,7,10H,6H2. The number of aromatic nitrogens is 1. The summed E-state index contributed by atoms with van der Waals surface area (Å²) in [6, 6.07) is 3.78. The number of thiol groups is 1. The number of hydrogen-bond donors (Lipinski definition) is 1. The third kappa shape index (κ3) is 2.12. The topological polar surface area (TPSA) is 12.9 Å². The van der Waals surface area contributed by atoms with Gasteiger partial charge in [-0.25, -0.2) is 0 Å². The van der Waals surface area contributed by atoms with Crippen molar-refractivity contribution in [3.05, 3.63) is 30.1 Å². The molecule has 2 heteroatoms. The monoisotopic (exact) mass is 149 g/mol. The van der Waals surface area contributed by atoms with Crippen molar-refractivity contribution in [2.45, 2.75) is 0 Å². The van der Waals surface area contributed by atoms with Gasteiger partial charge >= 0.3 is 0 Å². The van der Waals surface area contributed by atoms with Crippen molar-refractivity contribution in [2.24, 2.45) is 0 Å². The van der Waals surface area contributed by atoms with E-state index in [9.17, 15) is 0 Å². The number of hydrogen-bond acceptors (Lipinski definition) is 2. The van der Waals surface area contributed by atoms with Gasteiger partial charge in [-0.3, -0.25) is 4.98 Å². The van der Waals surface area contributed by atoms with E-state index in [1.165, 1.54) is 0 Å². The minimum atomic E-state index is 0.592. The average Bonchev–Trinajstić information content (AvgIpc) is 2.03. The summed E-state index contributed by atoms with van der Waals surface area (Å²) >= 11 is 3.96. The second-order valence-corrected chi connectivity index (χ2v) is 2.02. The van der Waals surface area contributed by atoms with Crippen molar-refractivity contribution in [2.75, 3.05) is 5.75 Å². The first-order valence-corrected chi connectivity index (χ1v) is 3.56. The van der Waals surface area contributed by atoms with Crippen molar-refractivity contribution >= 4 is 12.6 Å². The first-order valence-electron chi connectivity index (χ1n) is 2.93. The van der Waals surface area contributed by atoms with Crippen molar-refractivity contribution < 1.29 is 0 Å². The van der Waals surface area contributed by atoms with Crippen LogP contribution in [0.2, 0.25) is 0 Å². The van der Waals surface area contributed by atoms with Gasteiger partial charge in [0, 0.05) is 18.0 Å². The molecule has 1 aromatic rings. The van der Waals surface area contributed by atoms with Crippen LogP contribution in [0.25, 0.3) is 0 Å². The number of rotatable bonds is 0. The number of pyridine rings is 1. The highest BCUT2D eigenvalue weighted by atomic mass is 32.1. The van der Waals surface area contributed by atoms with Gasteiger partial charge < -0.3 is 0 Å². The molecule has 0 aliphatic carbocycles. The van der Waals surface area contributed by atoms with E-state index >= 15 is 0 Å². The molecule has 0 bridgehead atoms. The molecule has 0 saturated carbocycles. The van der Waals surface area contributed by atoms with Crippen LogP contribution in [-0.2, 0) is 0 Å². The Bertz CT molecular complexity index is 245. The Morgan fingerprint density at radius 2 is 2.50 bits per heavy atom. The minimum Gasteiger partial charge on any atom is -0.263 e. The third-order valence-electron chi connectivity index (χ3n) is 0.973. The molecule has 1 rings (SSSR count). The zero-order valence-corrected chi connectivity index (χ0v) is 6.31. The van der Waals surface area contributed by atoms with Gasteiger partial charge in [0.05, 0.1) is 5.75 Å². The third-order valence-corrected chi connectivity index (χ3v) is 1.13. The summed E-state index contributed by atoms with van der Waals surface area (Å²) in [5.74, 6) is 6.34. The Morgan fingerprint density at radius 3 is 3.10 bits per heavy atom. The Hall–Kier alpha value is -0.940. The van der Waals surface area contributed by atoms with E-state index in [1.54, 1.807) is 12.4 Å². The molecule has 0 radical (unpaired) electrons. The van der Waals surface area contributed by atoms with E-state index in [0.29, 0.717) is 5.75 Å². The van der Waals surface area contributed by atoms with Crippen LogP contribution in [0.1, 0.15) is 5.56 Å². The summed E-state index contributed by atoms with van der Waals surface area (Å²) in [5.41, 5.74) is 0.941. The summed E-state index contributed by atoms with van der Waals surface area (Å²) in [5, 5.41) is 0. The lowest BCUT2D eigenvalue weighted by Gasteiger charge is -1.83. The van der Waals surface area contributed by atoms with Gasteiger partial charge in [0.15, 0.2) is 0 Å². The highest BCUT2D eigenvalue weighted by Gasteiger charge is 1.79. The van der Waals surface area contributed by atoms with Crippen LogP contribution in [0, 0.1) is 11.8 Å². The zero-order chi connectivity index (χ0) is 7.23. The molecule has 1 heterocycles. The highest BCUT2D eigenvalue weighted by Crippen LogP contribution is 1.90. The molecule has 0 fully saturated rings. The summed E-state index contributed by atoms with van der Waals surface area (Å²) in [7, 11) is 0. The average molecular weight is 149 g/mol. The van der Waals surface area contributed by atoms with E-state index in [1.807, 2.05) is 12.1 Å². The summed E-state index contributed by atoms with van der Waals surface area (Å²) in [6.45, 7) is 0. The minimum absolute atomic E-state index is 0.592. The highest BCUT2D eigenvalue weighted by molar-refractivity contribution is 7.80. The lowest BCUT2D eigenvalue weighted by molar-refractivity contribution is 1.31. The van der Waals surface area contributed by atoms with E-state index in [-0.39, 0.29) is 0 Å². The van der Waals surface area contributed by atoms with Crippen LogP contribution >= 0.6 is 12.6 Å². The molecule has 0 N–H and O–H groups in total. The maximum Gasteiger partial charge on any atom is 0.0521 e. The molecular weight excluding hydrogens is 142 g/mol. The van der Waals surface area contributed by atoms with E-state index in [0.717, 1.165) is 5.56 Å². The molecule has 0 amide bonds. The van der Waals surface area contributed by atoms with Gasteiger partial charge in [-0.15, -0.1) is 0 Å². The van der Waals surface area contributed by atoms with Crippen molar-refractivity contribution in [3.63, 3.8) is 0 Å². The molecule has 10 heavy (non-hydrogen) atoms. The van der Waals surface area contributed by atoms with Crippen LogP contribution in [0.15, 0.2) is 24.5 Å². The lowest BCUT2D eigenvalue weighted by Crippen LogP contribution is -1.74. The maximum absolute atomic E-state index is 3.96. The molecule has 0 saturated heterocycles. The Kier molecular flexibility index (Phi) is 2.85. The Balaban J connectivity index is 2.76. The Labute approximate surface area is 65.9 Å². The second-order valence-electron chi connectivity index (χ2n) is 1.70. The van der Waals surface area contributed by atoms with Gasteiger partial charge in [-0.1, -0.05) is 11.8 Å². The van der Waals surface area contributed by atoms with Crippen molar-refractivity contribution in [1.82, 2.24) is 4.98 Å². The normalized spacial score (nSPS) is 8.10.